The number of rotatable bonds is 7. The van der Waals surface area contributed by atoms with Gasteiger partial charge in [-0.25, -0.2) is 9.37 Å². The van der Waals surface area contributed by atoms with Gasteiger partial charge in [0.1, 0.15) is 18.2 Å². The molecule has 6 heteroatoms. The van der Waals surface area contributed by atoms with Crippen LogP contribution in [0.25, 0.3) is 0 Å². The number of ether oxygens (including phenoxy) is 2. The lowest BCUT2D eigenvalue weighted by Gasteiger charge is -2.09. The molecule has 1 heterocycles. The van der Waals surface area contributed by atoms with Crippen LogP contribution in [0.15, 0.2) is 30.3 Å². The maximum Gasteiger partial charge on any atom is 0.218 e. The summed E-state index contributed by atoms with van der Waals surface area (Å²) in [6.45, 7) is 1.00. The van der Waals surface area contributed by atoms with Gasteiger partial charge in [0, 0.05) is 19.7 Å². The Morgan fingerprint density at radius 2 is 1.90 bits per heavy atom. The average Bonchev–Trinajstić information content (AvgIpc) is 2.49. The maximum atomic E-state index is 12.8. The third-order valence-corrected chi connectivity index (χ3v) is 2.86. The molecule has 1 aromatic heterocycles. The van der Waals surface area contributed by atoms with Crippen LogP contribution in [0.4, 0.5) is 10.2 Å². The monoisotopic (exact) mass is 291 g/mol. The molecule has 0 radical (unpaired) electrons. The highest BCUT2D eigenvalue weighted by Crippen LogP contribution is 2.14. The van der Waals surface area contributed by atoms with E-state index < -0.39 is 0 Å². The Hall–Kier alpha value is -2.21. The number of anilines is 1. The van der Waals surface area contributed by atoms with Crippen molar-refractivity contribution in [1.29, 1.82) is 0 Å². The second-order valence-corrected chi connectivity index (χ2v) is 4.45. The lowest BCUT2D eigenvalue weighted by atomic mass is 10.1. The second-order valence-electron chi connectivity index (χ2n) is 4.45. The molecular formula is C15H18FN3O2. The summed E-state index contributed by atoms with van der Waals surface area (Å²) >= 11 is 0. The fourth-order valence-electron chi connectivity index (χ4n) is 1.85. The van der Waals surface area contributed by atoms with Gasteiger partial charge in [-0.2, -0.15) is 4.98 Å². The van der Waals surface area contributed by atoms with E-state index >= 15 is 0 Å². The first-order chi connectivity index (χ1) is 10.2. The maximum absolute atomic E-state index is 12.8. The van der Waals surface area contributed by atoms with Gasteiger partial charge >= 0.3 is 0 Å². The number of hydrogen-bond donors (Lipinski definition) is 1. The van der Waals surface area contributed by atoms with E-state index in [4.69, 9.17) is 9.47 Å². The van der Waals surface area contributed by atoms with Crippen molar-refractivity contribution in [2.45, 2.75) is 13.0 Å². The predicted molar refractivity (Wildman–Crippen MR) is 77.9 cm³/mol. The van der Waals surface area contributed by atoms with E-state index in [0.29, 0.717) is 30.7 Å². The van der Waals surface area contributed by atoms with Crippen molar-refractivity contribution >= 4 is 5.82 Å². The minimum atomic E-state index is -0.226. The smallest absolute Gasteiger partial charge is 0.218 e. The van der Waals surface area contributed by atoms with Gasteiger partial charge in [-0.15, -0.1) is 0 Å². The van der Waals surface area contributed by atoms with Gasteiger partial charge in [0.15, 0.2) is 5.82 Å². The van der Waals surface area contributed by atoms with Crippen LogP contribution in [0.2, 0.25) is 0 Å². The van der Waals surface area contributed by atoms with Crippen LogP contribution in [0, 0.1) is 5.82 Å². The summed E-state index contributed by atoms with van der Waals surface area (Å²) in [7, 11) is 3.14. The molecule has 2 rings (SSSR count). The van der Waals surface area contributed by atoms with Gasteiger partial charge in [0.25, 0.3) is 0 Å². The fraction of sp³-hybridized carbons (Fsp3) is 0.333. The molecule has 0 saturated carbocycles. The molecule has 1 N–H and O–H groups in total. The SMILES string of the molecule is COCc1nc(NCCc2ccc(F)cc2)cc(OC)n1. The van der Waals surface area contributed by atoms with E-state index in [-0.39, 0.29) is 5.82 Å². The molecule has 2 aromatic rings. The van der Waals surface area contributed by atoms with Gasteiger partial charge in [-0.05, 0) is 24.1 Å². The van der Waals surface area contributed by atoms with Crippen LogP contribution in [-0.2, 0) is 17.8 Å². The lowest BCUT2D eigenvalue weighted by molar-refractivity contribution is 0.177. The van der Waals surface area contributed by atoms with Crippen molar-refractivity contribution < 1.29 is 13.9 Å². The minimum absolute atomic E-state index is 0.226. The molecule has 0 atom stereocenters. The van der Waals surface area contributed by atoms with Crippen molar-refractivity contribution in [3.63, 3.8) is 0 Å². The quantitative estimate of drug-likeness (QED) is 0.849. The summed E-state index contributed by atoms with van der Waals surface area (Å²) in [5.74, 6) is 1.50. The molecule has 0 saturated heterocycles. The summed E-state index contributed by atoms with van der Waals surface area (Å²) in [6, 6.07) is 8.19. The average molecular weight is 291 g/mol. The van der Waals surface area contributed by atoms with E-state index in [2.05, 4.69) is 15.3 Å². The van der Waals surface area contributed by atoms with Crippen molar-refractivity contribution in [3.05, 3.63) is 47.5 Å². The lowest BCUT2D eigenvalue weighted by Crippen LogP contribution is -2.09. The van der Waals surface area contributed by atoms with Gasteiger partial charge in [0.05, 0.1) is 7.11 Å². The molecule has 0 amide bonds. The van der Waals surface area contributed by atoms with Crippen LogP contribution < -0.4 is 10.1 Å². The highest BCUT2D eigenvalue weighted by Gasteiger charge is 2.04. The zero-order valence-electron chi connectivity index (χ0n) is 12.1. The third-order valence-electron chi connectivity index (χ3n) is 2.86. The van der Waals surface area contributed by atoms with E-state index in [1.54, 1.807) is 32.4 Å². The highest BCUT2D eigenvalue weighted by atomic mass is 19.1. The molecule has 0 aliphatic carbocycles. The van der Waals surface area contributed by atoms with Crippen molar-refractivity contribution in [3.8, 4) is 5.88 Å². The standard InChI is InChI=1S/C15H18FN3O2/c1-20-10-14-18-13(9-15(19-14)21-2)17-8-7-11-3-5-12(16)6-4-11/h3-6,9H,7-8,10H2,1-2H3,(H,17,18,19). The van der Waals surface area contributed by atoms with E-state index in [1.807, 2.05) is 0 Å². The Kier molecular flexibility index (Phi) is 5.45. The molecule has 112 valence electrons. The van der Waals surface area contributed by atoms with Crippen LogP contribution >= 0.6 is 0 Å². The summed E-state index contributed by atoms with van der Waals surface area (Å²) in [5.41, 5.74) is 1.06. The Balaban J connectivity index is 1.95. The molecule has 0 bridgehead atoms. The molecular weight excluding hydrogens is 273 g/mol. The molecule has 0 spiro atoms. The Morgan fingerprint density at radius 1 is 1.14 bits per heavy atom. The Labute approximate surface area is 123 Å². The Bertz CT molecular complexity index is 576. The van der Waals surface area contributed by atoms with Crippen molar-refractivity contribution in [2.75, 3.05) is 26.1 Å². The Morgan fingerprint density at radius 3 is 2.57 bits per heavy atom. The summed E-state index contributed by atoms with van der Waals surface area (Å²) in [4.78, 5) is 8.51. The molecule has 21 heavy (non-hydrogen) atoms. The minimum Gasteiger partial charge on any atom is -0.481 e. The third kappa shape index (κ3) is 4.68. The first-order valence-electron chi connectivity index (χ1n) is 6.60. The molecule has 1 aromatic carbocycles. The van der Waals surface area contributed by atoms with E-state index in [0.717, 1.165) is 12.0 Å². The first kappa shape index (κ1) is 15.2. The second kappa shape index (κ2) is 7.54. The van der Waals surface area contributed by atoms with Crippen LogP contribution in [-0.4, -0.2) is 30.7 Å². The fourth-order valence-corrected chi connectivity index (χ4v) is 1.85. The number of methoxy groups -OCH3 is 2. The number of halogens is 1. The molecule has 0 unspecified atom stereocenters. The van der Waals surface area contributed by atoms with Gasteiger partial charge < -0.3 is 14.8 Å². The van der Waals surface area contributed by atoms with E-state index in [9.17, 15) is 4.39 Å². The van der Waals surface area contributed by atoms with Crippen LogP contribution in [0.5, 0.6) is 5.88 Å². The van der Waals surface area contributed by atoms with Gasteiger partial charge in [-0.1, -0.05) is 12.1 Å². The number of nitrogens with one attached hydrogen (secondary N) is 1. The normalized spacial score (nSPS) is 10.4. The molecule has 0 aliphatic rings. The summed E-state index contributed by atoms with van der Waals surface area (Å²) in [5, 5.41) is 3.20. The topological polar surface area (TPSA) is 56.3 Å². The largest absolute Gasteiger partial charge is 0.481 e. The van der Waals surface area contributed by atoms with Gasteiger partial charge in [-0.3, -0.25) is 0 Å². The van der Waals surface area contributed by atoms with Crippen LogP contribution in [0.3, 0.4) is 0 Å². The van der Waals surface area contributed by atoms with Crippen molar-refractivity contribution in [1.82, 2.24) is 9.97 Å². The summed E-state index contributed by atoms with van der Waals surface area (Å²) in [6.07, 6.45) is 0.770. The summed E-state index contributed by atoms with van der Waals surface area (Å²) < 4.78 is 23.0. The number of nitrogens with zero attached hydrogens (tertiary/aromatic N) is 2. The number of benzene rings is 1. The molecule has 0 aliphatic heterocycles. The molecule has 0 fully saturated rings. The van der Waals surface area contributed by atoms with Crippen molar-refractivity contribution in [2.24, 2.45) is 0 Å². The molecule has 5 nitrogen and oxygen atoms in total. The number of hydrogen-bond acceptors (Lipinski definition) is 5. The predicted octanol–water partition coefficient (Wildman–Crippen LogP) is 2.43. The highest BCUT2D eigenvalue weighted by molar-refractivity contribution is 5.38. The zero-order valence-corrected chi connectivity index (χ0v) is 12.1. The van der Waals surface area contributed by atoms with E-state index in [1.165, 1.54) is 12.1 Å². The number of aromatic nitrogens is 2. The zero-order chi connectivity index (χ0) is 15.1. The first-order valence-corrected chi connectivity index (χ1v) is 6.60. The van der Waals surface area contributed by atoms with Crippen LogP contribution in [0.1, 0.15) is 11.4 Å². The van der Waals surface area contributed by atoms with Gasteiger partial charge in [0.2, 0.25) is 5.88 Å².